The molecule has 1 saturated carbocycles. The van der Waals surface area contributed by atoms with Gasteiger partial charge in [0, 0.05) is 16.1 Å². The highest BCUT2D eigenvalue weighted by Crippen LogP contribution is 2.41. The highest BCUT2D eigenvalue weighted by Gasteiger charge is 2.34. The largest absolute Gasteiger partial charge is 0.294 e. The molecule has 2 aromatic rings. The summed E-state index contributed by atoms with van der Waals surface area (Å²) in [7, 11) is -3.91. The van der Waals surface area contributed by atoms with Gasteiger partial charge in [-0.15, -0.1) is 10.2 Å². The summed E-state index contributed by atoms with van der Waals surface area (Å²) in [4.78, 5) is 0. The number of nitrogens with zero attached hydrogens (tertiary/aromatic N) is 3. The molecule has 0 bridgehead atoms. The van der Waals surface area contributed by atoms with Crippen LogP contribution >= 0.6 is 27.5 Å². The molecule has 106 valence electrons. The third kappa shape index (κ3) is 2.48. The smallest absolute Gasteiger partial charge is 0.273 e. The van der Waals surface area contributed by atoms with Gasteiger partial charge in [-0.2, -0.15) is 0 Å². The zero-order valence-corrected chi connectivity index (χ0v) is 13.3. The third-order valence-electron chi connectivity index (χ3n) is 3.00. The molecule has 20 heavy (non-hydrogen) atoms. The van der Waals surface area contributed by atoms with Gasteiger partial charge in [-0.05, 0) is 31.0 Å². The van der Waals surface area contributed by atoms with E-state index in [1.54, 1.807) is 22.8 Å². The molecule has 1 aliphatic carbocycles. The Bertz CT molecular complexity index is 786. The lowest BCUT2D eigenvalue weighted by molar-refractivity contribution is 0.567. The van der Waals surface area contributed by atoms with Crippen LogP contribution in [0.2, 0.25) is 5.02 Å². The minimum atomic E-state index is -3.91. The predicted molar refractivity (Wildman–Crippen MR) is 77.8 cm³/mol. The van der Waals surface area contributed by atoms with Gasteiger partial charge in [0.2, 0.25) is 0 Å². The minimum absolute atomic E-state index is 0.0587. The van der Waals surface area contributed by atoms with Crippen LogP contribution in [0.3, 0.4) is 0 Å². The summed E-state index contributed by atoms with van der Waals surface area (Å²) in [5.41, 5.74) is 0.621. The van der Waals surface area contributed by atoms with E-state index >= 15 is 0 Å². The zero-order valence-electron chi connectivity index (χ0n) is 10.1. The highest BCUT2D eigenvalue weighted by molar-refractivity contribution is 9.10. The van der Waals surface area contributed by atoms with Crippen molar-refractivity contribution in [2.24, 2.45) is 5.14 Å². The van der Waals surface area contributed by atoms with Gasteiger partial charge in [0.1, 0.15) is 0 Å². The second-order valence-electron chi connectivity index (χ2n) is 4.58. The van der Waals surface area contributed by atoms with Crippen molar-refractivity contribution < 1.29 is 8.42 Å². The van der Waals surface area contributed by atoms with E-state index in [1.165, 1.54) is 0 Å². The zero-order chi connectivity index (χ0) is 14.5. The van der Waals surface area contributed by atoms with Crippen LogP contribution in [0, 0.1) is 0 Å². The number of benzene rings is 1. The Morgan fingerprint density at radius 3 is 2.65 bits per heavy atom. The van der Waals surface area contributed by atoms with Crippen molar-refractivity contribution >= 4 is 37.6 Å². The van der Waals surface area contributed by atoms with Crippen molar-refractivity contribution in [2.45, 2.75) is 24.0 Å². The van der Waals surface area contributed by atoms with E-state index in [9.17, 15) is 8.42 Å². The number of hydrogen-bond donors (Lipinski definition) is 1. The van der Waals surface area contributed by atoms with Crippen LogP contribution < -0.4 is 5.14 Å². The van der Waals surface area contributed by atoms with Crippen LogP contribution in [-0.2, 0) is 10.0 Å². The molecule has 3 rings (SSSR count). The van der Waals surface area contributed by atoms with Crippen molar-refractivity contribution in [1.82, 2.24) is 14.8 Å². The van der Waals surface area contributed by atoms with Gasteiger partial charge < -0.3 is 0 Å². The van der Waals surface area contributed by atoms with E-state index < -0.39 is 10.0 Å². The summed E-state index contributed by atoms with van der Waals surface area (Å²) < 4.78 is 25.6. The normalized spacial score (nSPS) is 15.6. The summed E-state index contributed by atoms with van der Waals surface area (Å²) in [6.07, 6.45) is 1.75. The summed E-state index contributed by atoms with van der Waals surface area (Å²) >= 11 is 9.53. The van der Waals surface area contributed by atoms with Gasteiger partial charge in [0.05, 0.1) is 5.02 Å². The molecule has 0 radical (unpaired) electrons. The van der Waals surface area contributed by atoms with E-state index in [2.05, 4.69) is 26.1 Å². The fourth-order valence-corrected chi connectivity index (χ4v) is 3.21. The molecule has 1 aromatic carbocycles. The first-order valence-corrected chi connectivity index (χ1v) is 8.53. The SMILES string of the molecule is NS(=O)(=O)c1nnc(-c2cc(Br)ccc2Cl)n1C1CC1. The maximum Gasteiger partial charge on any atom is 0.273 e. The second kappa shape index (κ2) is 4.80. The molecule has 0 unspecified atom stereocenters. The van der Waals surface area contributed by atoms with Crippen LogP contribution in [0.5, 0.6) is 0 Å². The summed E-state index contributed by atoms with van der Waals surface area (Å²) in [6, 6.07) is 5.34. The predicted octanol–water partition coefficient (Wildman–Crippen LogP) is 2.34. The standard InChI is InChI=1S/C11H10BrClN4O2S/c12-6-1-4-9(13)8(5-6)10-15-16-11(20(14,18)19)17(10)7-2-3-7/h1,4-5,7H,2-3H2,(H2,14,18,19). The van der Waals surface area contributed by atoms with E-state index in [0.717, 1.165) is 17.3 Å². The van der Waals surface area contributed by atoms with Gasteiger partial charge >= 0.3 is 0 Å². The lowest BCUT2D eigenvalue weighted by Gasteiger charge is -2.09. The first-order valence-electron chi connectivity index (χ1n) is 5.81. The van der Waals surface area contributed by atoms with Gasteiger partial charge in [-0.3, -0.25) is 4.57 Å². The lowest BCUT2D eigenvalue weighted by atomic mass is 10.2. The minimum Gasteiger partial charge on any atom is -0.294 e. The Morgan fingerprint density at radius 1 is 1.35 bits per heavy atom. The maximum absolute atomic E-state index is 11.6. The molecule has 0 aliphatic heterocycles. The Kier molecular flexibility index (Phi) is 3.36. The van der Waals surface area contributed by atoms with Crippen molar-refractivity contribution in [3.05, 3.63) is 27.7 Å². The number of halogens is 2. The Balaban J connectivity index is 2.25. The monoisotopic (exact) mass is 376 g/mol. The number of sulfonamides is 1. The topological polar surface area (TPSA) is 90.9 Å². The fraction of sp³-hybridized carbons (Fsp3) is 0.273. The Morgan fingerprint density at radius 2 is 2.05 bits per heavy atom. The quantitative estimate of drug-likeness (QED) is 0.889. The molecule has 0 amide bonds. The molecule has 6 nitrogen and oxygen atoms in total. The van der Waals surface area contributed by atoms with Gasteiger partial charge in [-0.1, -0.05) is 27.5 Å². The van der Waals surface area contributed by atoms with E-state index in [4.69, 9.17) is 16.7 Å². The summed E-state index contributed by atoms with van der Waals surface area (Å²) in [5.74, 6) is 0.419. The van der Waals surface area contributed by atoms with Crippen LogP contribution in [-0.4, -0.2) is 23.2 Å². The van der Waals surface area contributed by atoms with Gasteiger partial charge in [-0.25, -0.2) is 13.6 Å². The molecule has 1 fully saturated rings. The van der Waals surface area contributed by atoms with Gasteiger partial charge in [0.15, 0.2) is 5.82 Å². The fourth-order valence-electron chi connectivity index (χ4n) is 1.99. The maximum atomic E-state index is 11.6. The first kappa shape index (κ1) is 14.0. The lowest BCUT2D eigenvalue weighted by Crippen LogP contribution is -2.18. The van der Waals surface area contributed by atoms with E-state index in [-0.39, 0.29) is 11.2 Å². The first-order chi connectivity index (χ1) is 9.38. The molecular weight excluding hydrogens is 368 g/mol. The molecular formula is C11H10BrClN4O2S. The van der Waals surface area contributed by atoms with Crippen molar-refractivity contribution in [1.29, 1.82) is 0 Å². The number of primary sulfonamides is 1. The molecule has 1 aliphatic rings. The molecule has 2 N–H and O–H groups in total. The average Bonchev–Trinajstić information content (AvgIpc) is 3.09. The van der Waals surface area contributed by atoms with E-state index in [1.807, 2.05) is 0 Å². The number of nitrogens with two attached hydrogens (primary N) is 1. The van der Waals surface area contributed by atoms with Crippen LogP contribution in [0.1, 0.15) is 18.9 Å². The molecule has 9 heteroatoms. The van der Waals surface area contributed by atoms with Crippen molar-refractivity contribution in [2.75, 3.05) is 0 Å². The molecule has 0 spiro atoms. The van der Waals surface area contributed by atoms with E-state index in [0.29, 0.717) is 16.4 Å². The summed E-state index contributed by atoms with van der Waals surface area (Å²) in [6.45, 7) is 0. The highest BCUT2D eigenvalue weighted by atomic mass is 79.9. The number of hydrogen-bond acceptors (Lipinski definition) is 4. The molecule has 0 atom stereocenters. The molecule has 1 aromatic heterocycles. The molecule has 1 heterocycles. The van der Waals surface area contributed by atoms with Crippen LogP contribution in [0.4, 0.5) is 0 Å². The van der Waals surface area contributed by atoms with Gasteiger partial charge in [0.25, 0.3) is 15.2 Å². The second-order valence-corrected chi connectivity index (χ2v) is 7.35. The van der Waals surface area contributed by atoms with Crippen LogP contribution in [0.25, 0.3) is 11.4 Å². The average molecular weight is 378 g/mol. The number of rotatable bonds is 3. The van der Waals surface area contributed by atoms with Crippen molar-refractivity contribution in [3.63, 3.8) is 0 Å². The van der Waals surface area contributed by atoms with Crippen molar-refractivity contribution in [3.8, 4) is 11.4 Å². The Labute approximate surface area is 129 Å². The number of aromatic nitrogens is 3. The Hall–Kier alpha value is -0.960. The molecule has 0 saturated heterocycles. The van der Waals surface area contributed by atoms with Crippen LogP contribution in [0.15, 0.2) is 27.8 Å². The third-order valence-corrected chi connectivity index (χ3v) is 4.61. The summed E-state index contributed by atoms with van der Waals surface area (Å²) in [5, 5.41) is 13.1.